The number of benzene rings is 1. The zero-order valence-electron chi connectivity index (χ0n) is 9.02. The molecule has 1 fully saturated rings. The third-order valence-corrected chi connectivity index (χ3v) is 3.24. The van der Waals surface area contributed by atoms with E-state index in [4.69, 9.17) is 11.6 Å². The molecule has 0 spiro atoms. The van der Waals surface area contributed by atoms with Crippen LogP contribution in [0.4, 0.5) is 5.69 Å². The van der Waals surface area contributed by atoms with Gasteiger partial charge in [-0.2, -0.15) is 0 Å². The van der Waals surface area contributed by atoms with Crippen molar-refractivity contribution in [3.63, 3.8) is 0 Å². The second-order valence-electron chi connectivity index (χ2n) is 4.39. The van der Waals surface area contributed by atoms with Gasteiger partial charge < -0.3 is 10.6 Å². The molecule has 1 aliphatic carbocycles. The first kappa shape index (κ1) is 10.8. The molecule has 0 radical (unpaired) electrons. The third-order valence-electron chi connectivity index (χ3n) is 3.00. The van der Waals surface area contributed by atoms with Crippen molar-refractivity contribution in [1.29, 1.82) is 0 Å². The number of rotatable bonds is 5. The van der Waals surface area contributed by atoms with Gasteiger partial charge in [0, 0.05) is 29.2 Å². The van der Waals surface area contributed by atoms with E-state index in [0.717, 1.165) is 23.8 Å². The van der Waals surface area contributed by atoms with E-state index >= 15 is 0 Å². The summed E-state index contributed by atoms with van der Waals surface area (Å²) in [7, 11) is 2.01. The number of nitrogens with one attached hydrogen (secondary N) is 2. The molecular formula is C12H17ClN2. The summed E-state index contributed by atoms with van der Waals surface area (Å²) in [6.07, 6.45) is 2.64. The van der Waals surface area contributed by atoms with Gasteiger partial charge in [-0.3, -0.25) is 0 Å². The highest BCUT2D eigenvalue weighted by Gasteiger charge is 2.41. The van der Waals surface area contributed by atoms with Crippen molar-refractivity contribution in [3.8, 4) is 0 Å². The second kappa shape index (κ2) is 4.42. The minimum Gasteiger partial charge on any atom is -0.384 e. The SMILES string of the molecule is CNCC1(CNc2cccc(Cl)c2)CC1. The Hall–Kier alpha value is -0.730. The molecule has 0 aromatic heterocycles. The molecule has 82 valence electrons. The van der Waals surface area contributed by atoms with E-state index < -0.39 is 0 Å². The fourth-order valence-electron chi connectivity index (χ4n) is 1.86. The maximum absolute atomic E-state index is 5.92. The lowest BCUT2D eigenvalue weighted by Gasteiger charge is -2.16. The average molecular weight is 225 g/mol. The largest absolute Gasteiger partial charge is 0.384 e. The van der Waals surface area contributed by atoms with Crippen molar-refractivity contribution in [2.24, 2.45) is 5.41 Å². The highest BCUT2D eigenvalue weighted by atomic mass is 35.5. The Morgan fingerprint density at radius 2 is 2.13 bits per heavy atom. The van der Waals surface area contributed by atoms with Gasteiger partial charge in [0.25, 0.3) is 0 Å². The molecular weight excluding hydrogens is 208 g/mol. The number of halogens is 1. The summed E-state index contributed by atoms with van der Waals surface area (Å²) in [5.41, 5.74) is 1.60. The van der Waals surface area contributed by atoms with Crippen molar-refractivity contribution < 1.29 is 0 Å². The quantitative estimate of drug-likeness (QED) is 0.804. The van der Waals surface area contributed by atoms with E-state index in [1.807, 2.05) is 25.2 Å². The van der Waals surface area contributed by atoms with Gasteiger partial charge in [0.05, 0.1) is 0 Å². The predicted molar refractivity (Wildman–Crippen MR) is 65.5 cm³/mol. The zero-order chi connectivity index (χ0) is 10.7. The van der Waals surface area contributed by atoms with Crippen LogP contribution in [0.3, 0.4) is 0 Å². The molecule has 3 heteroatoms. The Bertz CT molecular complexity index is 334. The Morgan fingerprint density at radius 3 is 2.73 bits per heavy atom. The minimum absolute atomic E-state index is 0.483. The lowest BCUT2D eigenvalue weighted by Crippen LogP contribution is -2.26. The van der Waals surface area contributed by atoms with Crippen LogP contribution in [0.25, 0.3) is 0 Å². The molecule has 0 heterocycles. The lowest BCUT2D eigenvalue weighted by atomic mass is 10.1. The first-order valence-electron chi connectivity index (χ1n) is 5.38. The Morgan fingerprint density at radius 1 is 1.33 bits per heavy atom. The third kappa shape index (κ3) is 2.86. The van der Waals surface area contributed by atoms with Crippen LogP contribution < -0.4 is 10.6 Å². The fourth-order valence-corrected chi connectivity index (χ4v) is 2.05. The molecule has 0 amide bonds. The summed E-state index contributed by atoms with van der Waals surface area (Å²) in [6.45, 7) is 2.13. The van der Waals surface area contributed by atoms with Crippen LogP contribution in [0.5, 0.6) is 0 Å². The van der Waals surface area contributed by atoms with Gasteiger partial charge in [-0.1, -0.05) is 17.7 Å². The summed E-state index contributed by atoms with van der Waals surface area (Å²) in [5.74, 6) is 0. The Balaban J connectivity index is 1.88. The van der Waals surface area contributed by atoms with Crippen LogP contribution in [0.1, 0.15) is 12.8 Å². The van der Waals surface area contributed by atoms with Gasteiger partial charge in [-0.25, -0.2) is 0 Å². The van der Waals surface area contributed by atoms with E-state index in [9.17, 15) is 0 Å². The second-order valence-corrected chi connectivity index (χ2v) is 4.83. The first-order chi connectivity index (χ1) is 7.24. The molecule has 0 saturated heterocycles. The average Bonchev–Trinajstić information content (AvgIpc) is 2.97. The van der Waals surface area contributed by atoms with Gasteiger partial charge in [-0.15, -0.1) is 0 Å². The Labute approximate surface area is 96.0 Å². The standard InChI is InChI=1S/C12H17ClN2/c1-14-8-12(5-6-12)9-15-11-4-2-3-10(13)7-11/h2-4,7,14-15H,5-6,8-9H2,1H3. The molecule has 1 aromatic rings. The monoisotopic (exact) mass is 224 g/mol. The van der Waals surface area contributed by atoms with Crippen LogP contribution in [0.2, 0.25) is 5.02 Å². The van der Waals surface area contributed by atoms with Gasteiger partial charge in [0.15, 0.2) is 0 Å². The maximum Gasteiger partial charge on any atom is 0.0426 e. The molecule has 15 heavy (non-hydrogen) atoms. The molecule has 2 nitrogen and oxygen atoms in total. The summed E-state index contributed by atoms with van der Waals surface area (Å²) < 4.78 is 0. The molecule has 1 aliphatic rings. The van der Waals surface area contributed by atoms with Crippen molar-refractivity contribution in [1.82, 2.24) is 5.32 Å². The topological polar surface area (TPSA) is 24.1 Å². The summed E-state index contributed by atoms with van der Waals surface area (Å²) in [4.78, 5) is 0. The Kier molecular flexibility index (Phi) is 3.17. The smallest absolute Gasteiger partial charge is 0.0426 e. The number of hydrogen-bond acceptors (Lipinski definition) is 2. The molecule has 2 rings (SSSR count). The molecule has 1 saturated carbocycles. The maximum atomic E-state index is 5.92. The van der Waals surface area contributed by atoms with E-state index in [-0.39, 0.29) is 0 Å². The predicted octanol–water partition coefficient (Wildman–Crippen LogP) is 2.75. The van der Waals surface area contributed by atoms with E-state index in [1.165, 1.54) is 12.8 Å². The first-order valence-corrected chi connectivity index (χ1v) is 5.76. The molecule has 0 aliphatic heterocycles. The van der Waals surface area contributed by atoms with Crippen LogP contribution in [-0.2, 0) is 0 Å². The van der Waals surface area contributed by atoms with Gasteiger partial charge in [0.2, 0.25) is 0 Å². The number of hydrogen-bond donors (Lipinski definition) is 2. The molecule has 0 atom stereocenters. The summed E-state index contributed by atoms with van der Waals surface area (Å²) in [5, 5.41) is 7.49. The van der Waals surface area contributed by atoms with Gasteiger partial charge in [0.1, 0.15) is 0 Å². The molecule has 2 N–H and O–H groups in total. The van der Waals surface area contributed by atoms with Gasteiger partial charge in [-0.05, 0) is 38.1 Å². The molecule has 1 aromatic carbocycles. The fraction of sp³-hybridized carbons (Fsp3) is 0.500. The highest BCUT2D eigenvalue weighted by Crippen LogP contribution is 2.44. The van der Waals surface area contributed by atoms with Crippen molar-refractivity contribution in [2.75, 3.05) is 25.5 Å². The van der Waals surface area contributed by atoms with E-state index in [1.54, 1.807) is 0 Å². The highest BCUT2D eigenvalue weighted by molar-refractivity contribution is 6.30. The van der Waals surface area contributed by atoms with Crippen LogP contribution in [0, 0.1) is 5.41 Å². The van der Waals surface area contributed by atoms with Crippen LogP contribution in [0.15, 0.2) is 24.3 Å². The van der Waals surface area contributed by atoms with Crippen LogP contribution >= 0.6 is 11.6 Å². The zero-order valence-corrected chi connectivity index (χ0v) is 9.77. The normalized spacial score (nSPS) is 17.5. The van der Waals surface area contributed by atoms with E-state index in [0.29, 0.717) is 5.41 Å². The molecule has 0 unspecified atom stereocenters. The summed E-state index contributed by atoms with van der Waals surface area (Å²) in [6, 6.07) is 7.90. The van der Waals surface area contributed by atoms with Gasteiger partial charge >= 0.3 is 0 Å². The minimum atomic E-state index is 0.483. The molecule has 0 bridgehead atoms. The van der Waals surface area contributed by atoms with E-state index in [2.05, 4.69) is 16.7 Å². The van der Waals surface area contributed by atoms with Crippen molar-refractivity contribution in [3.05, 3.63) is 29.3 Å². The number of anilines is 1. The van der Waals surface area contributed by atoms with Crippen molar-refractivity contribution >= 4 is 17.3 Å². The summed E-state index contributed by atoms with van der Waals surface area (Å²) >= 11 is 5.92. The lowest BCUT2D eigenvalue weighted by molar-refractivity contribution is 0.507. The van der Waals surface area contributed by atoms with Crippen molar-refractivity contribution in [2.45, 2.75) is 12.8 Å². The van der Waals surface area contributed by atoms with Crippen LogP contribution in [-0.4, -0.2) is 20.1 Å².